The second-order valence-electron chi connectivity index (χ2n) is 7.56. The summed E-state index contributed by atoms with van der Waals surface area (Å²) in [7, 11) is -3.45. The van der Waals surface area contributed by atoms with Crippen LogP contribution < -0.4 is 10.1 Å². The van der Waals surface area contributed by atoms with E-state index in [4.69, 9.17) is 9.47 Å². The van der Waals surface area contributed by atoms with Gasteiger partial charge in [0.1, 0.15) is 12.4 Å². The number of nitrogens with zero attached hydrogens (tertiary/aromatic N) is 1. The lowest BCUT2D eigenvalue weighted by atomic mass is 10.2. The number of amides is 1. The van der Waals surface area contributed by atoms with Crippen molar-refractivity contribution < 1.29 is 22.7 Å². The molecule has 0 spiro atoms. The van der Waals surface area contributed by atoms with E-state index in [2.05, 4.69) is 5.32 Å². The first kappa shape index (κ1) is 20.8. The molecule has 2 aromatic rings. The van der Waals surface area contributed by atoms with Crippen molar-refractivity contribution in [1.29, 1.82) is 0 Å². The molecule has 0 unspecified atom stereocenters. The van der Waals surface area contributed by atoms with Gasteiger partial charge in [-0.25, -0.2) is 8.42 Å². The Balaban J connectivity index is 1.34. The molecule has 2 fully saturated rings. The van der Waals surface area contributed by atoms with Gasteiger partial charge in [0.15, 0.2) is 0 Å². The Hall–Kier alpha value is -2.42. The molecule has 7 nitrogen and oxygen atoms in total. The summed E-state index contributed by atoms with van der Waals surface area (Å²) in [4.78, 5) is 12.7. The van der Waals surface area contributed by atoms with E-state index in [0.29, 0.717) is 36.7 Å². The average molecular weight is 431 g/mol. The van der Waals surface area contributed by atoms with Gasteiger partial charge in [0.05, 0.1) is 11.0 Å². The van der Waals surface area contributed by atoms with E-state index in [-0.39, 0.29) is 16.9 Å². The molecule has 0 aliphatic carbocycles. The van der Waals surface area contributed by atoms with Crippen LogP contribution in [-0.4, -0.2) is 51.0 Å². The highest BCUT2D eigenvalue weighted by Gasteiger charge is 2.27. The van der Waals surface area contributed by atoms with Gasteiger partial charge in [-0.05, 0) is 74.2 Å². The smallest absolute Gasteiger partial charge is 0.255 e. The Kier molecular flexibility index (Phi) is 6.36. The van der Waals surface area contributed by atoms with Crippen LogP contribution in [0, 0.1) is 0 Å². The summed E-state index contributed by atoms with van der Waals surface area (Å²) in [6.45, 7) is 2.43. The van der Waals surface area contributed by atoms with Crippen molar-refractivity contribution in [3.63, 3.8) is 0 Å². The zero-order chi connectivity index (χ0) is 21.0. The molecule has 8 heteroatoms. The van der Waals surface area contributed by atoms with Crippen molar-refractivity contribution in [2.45, 2.75) is 36.7 Å². The molecule has 30 heavy (non-hydrogen) atoms. The molecule has 2 aromatic carbocycles. The van der Waals surface area contributed by atoms with E-state index in [1.165, 1.54) is 16.4 Å². The van der Waals surface area contributed by atoms with E-state index in [1.807, 2.05) is 0 Å². The number of carbonyl (C=O) groups excluding carboxylic acids is 1. The molecule has 160 valence electrons. The standard InChI is InChI=1S/C22H26N2O5S/c25-22(17-5-9-19(10-6-17)29-16-20-4-3-15-28-20)23-18-7-11-21(12-8-18)30(26,27)24-13-1-2-14-24/h5-12,20H,1-4,13-16H2,(H,23,25)/t20-/m1/s1. The third-order valence-electron chi connectivity index (χ3n) is 5.39. The zero-order valence-corrected chi connectivity index (χ0v) is 17.6. The van der Waals surface area contributed by atoms with Crippen LogP contribution >= 0.6 is 0 Å². The molecule has 2 aliphatic heterocycles. The third kappa shape index (κ3) is 4.83. The van der Waals surface area contributed by atoms with Crippen molar-refractivity contribution in [3.8, 4) is 5.75 Å². The van der Waals surface area contributed by atoms with Gasteiger partial charge in [0.25, 0.3) is 5.91 Å². The van der Waals surface area contributed by atoms with E-state index >= 15 is 0 Å². The van der Waals surface area contributed by atoms with Gasteiger partial charge in [0, 0.05) is 30.9 Å². The number of rotatable bonds is 7. The van der Waals surface area contributed by atoms with Crippen LogP contribution in [0.2, 0.25) is 0 Å². The maximum absolute atomic E-state index is 12.6. The van der Waals surface area contributed by atoms with Crippen LogP contribution in [0.1, 0.15) is 36.0 Å². The fourth-order valence-corrected chi connectivity index (χ4v) is 5.18. The van der Waals surface area contributed by atoms with Gasteiger partial charge in [-0.1, -0.05) is 0 Å². The van der Waals surface area contributed by atoms with Crippen LogP contribution in [0.4, 0.5) is 5.69 Å². The SMILES string of the molecule is O=C(Nc1ccc(S(=O)(=O)N2CCCC2)cc1)c1ccc(OC[C@H]2CCCO2)cc1. The second-order valence-corrected chi connectivity index (χ2v) is 9.50. The second kappa shape index (κ2) is 9.16. The number of hydrogen-bond donors (Lipinski definition) is 1. The molecule has 0 radical (unpaired) electrons. The molecule has 2 aliphatic rings. The molecule has 2 saturated heterocycles. The lowest BCUT2D eigenvalue weighted by Crippen LogP contribution is -2.27. The summed E-state index contributed by atoms with van der Waals surface area (Å²) in [6, 6.07) is 13.2. The Morgan fingerprint density at radius 3 is 2.37 bits per heavy atom. The van der Waals surface area contributed by atoms with Gasteiger partial charge in [-0.15, -0.1) is 0 Å². The number of ether oxygens (including phenoxy) is 2. The molecule has 0 bridgehead atoms. The number of benzene rings is 2. The van der Waals surface area contributed by atoms with Gasteiger partial charge < -0.3 is 14.8 Å². The molecule has 2 heterocycles. The first-order chi connectivity index (χ1) is 14.5. The quantitative estimate of drug-likeness (QED) is 0.729. The number of carbonyl (C=O) groups is 1. The van der Waals surface area contributed by atoms with Crippen LogP contribution in [0.15, 0.2) is 53.4 Å². The number of hydrogen-bond acceptors (Lipinski definition) is 5. The van der Waals surface area contributed by atoms with Gasteiger partial charge in [-0.3, -0.25) is 4.79 Å². The summed E-state index contributed by atoms with van der Waals surface area (Å²) >= 11 is 0. The average Bonchev–Trinajstić information content (AvgIpc) is 3.47. The predicted molar refractivity (Wildman–Crippen MR) is 113 cm³/mol. The minimum Gasteiger partial charge on any atom is -0.491 e. The molecule has 1 atom stereocenters. The predicted octanol–water partition coefficient (Wildman–Crippen LogP) is 3.28. The van der Waals surface area contributed by atoms with E-state index in [0.717, 1.165) is 32.3 Å². The molecular weight excluding hydrogens is 404 g/mol. The Bertz CT molecular complexity index is 962. The number of sulfonamides is 1. The summed E-state index contributed by atoms with van der Waals surface area (Å²) in [5, 5.41) is 2.79. The maximum Gasteiger partial charge on any atom is 0.255 e. The van der Waals surface area contributed by atoms with Crippen molar-refractivity contribution in [2.24, 2.45) is 0 Å². The van der Waals surface area contributed by atoms with Crippen LogP contribution in [0.25, 0.3) is 0 Å². The largest absolute Gasteiger partial charge is 0.491 e. The summed E-state index contributed by atoms with van der Waals surface area (Å²) < 4.78 is 37.9. The topological polar surface area (TPSA) is 84.9 Å². The van der Waals surface area contributed by atoms with E-state index in [9.17, 15) is 13.2 Å². The van der Waals surface area contributed by atoms with Gasteiger partial charge in [0.2, 0.25) is 10.0 Å². The van der Waals surface area contributed by atoms with Crippen molar-refractivity contribution in [3.05, 3.63) is 54.1 Å². The fraction of sp³-hybridized carbons (Fsp3) is 0.409. The lowest BCUT2D eigenvalue weighted by Gasteiger charge is -2.15. The maximum atomic E-state index is 12.6. The Morgan fingerprint density at radius 1 is 1.03 bits per heavy atom. The highest BCUT2D eigenvalue weighted by atomic mass is 32.2. The molecular formula is C22H26N2O5S. The minimum atomic E-state index is -3.45. The normalized spacial score (nSPS) is 19.7. The van der Waals surface area contributed by atoms with Crippen molar-refractivity contribution in [1.82, 2.24) is 4.31 Å². The summed E-state index contributed by atoms with van der Waals surface area (Å²) in [6.07, 6.45) is 4.01. The molecule has 0 aromatic heterocycles. The van der Waals surface area contributed by atoms with E-state index in [1.54, 1.807) is 36.4 Å². The van der Waals surface area contributed by atoms with Crippen LogP contribution in [0.3, 0.4) is 0 Å². The highest BCUT2D eigenvalue weighted by molar-refractivity contribution is 7.89. The Labute approximate surface area is 177 Å². The first-order valence-electron chi connectivity index (χ1n) is 10.3. The monoisotopic (exact) mass is 430 g/mol. The Morgan fingerprint density at radius 2 is 1.73 bits per heavy atom. The zero-order valence-electron chi connectivity index (χ0n) is 16.7. The third-order valence-corrected chi connectivity index (χ3v) is 7.30. The highest BCUT2D eigenvalue weighted by Crippen LogP contribution is 2.23. The molecule has 0 saturated carbocycles. The van der Waals surface area contributed by atoms with Crippen LogP contribution in [0.5, 0.6) is 5.75 Å². The fourth-order valence-electron chi connectivity index (χ4n) is 3.66. The number of anilines is 1. The van der Waals surface area contributed by atoms with E-state index < -0.39 is 10.0 Å². The number of nitrogens with one attached hydrogen (secondary N) is 1. The molecule has 1 amide bonds. The minimum absolute atomic E-state index is 0.144. The summed E-state index contributed by atoms with van der Waals surface area (Å²) in [5.41, 5.74) is 1.03. The summed E-state index contributed by atoms with van der Waals surface area (Å²) in [5.74, 6) is 0.425. The molecule has 4 rings (SSSR count). The molecule has 1 N–H and O–H groups in total. The van der Waals surface area contributed by atoms with Crippen molar-refractivity contribution >= 4 is 21.6 Å². The van der Waals surface area contributed by atoms with Crippen LogP contribution in [-0.2, 0) is 14.8 Å². The first-order valence-corrected chi connectivity index (χ1v) is 11.7. The van der Waals surface area contributed by atoms with Crippen molar-refractivity contribution in [2.75, 3.05) is 31.6 Å². The van der Waals surface area contributed by atoms with Gasteiger partial charge >= 0.3 is 0 Å². The van der Waals surface area contributed by atoms with Gasteiger partial charge in [-0.2, -0.15) is 4.31 Å². The lowest BCUT2D eigenvalue weighted by molar-refractivity contribution is 0.0679.